The van der Waals surface area contributed by atoms with Crippen LogP contribution in [0.5, 0.6) is 0 Å². The average molecular weight is 229 g/mol. The van der Waals surface area contributed by atoms with E-state index in [0.29, 0.717) is 5.56 Å². The van der Waals surface area contributed by atoms with Crippen LogP contribution in [0.1, 0.15) is 11.7 Å². The van der Waals surface area contributed by atoms with E-state index in [1.807, 2.05) is 0 Å². The van der Waals surface area contributed by atoms with Gasteiger partial charge in [-0.05, 0) is 17.4 Å². The third kappa shape index (κ3) is 3.54. The Morgan fingerprint density at radius 1 is 1.36 bits per heavy atom. The van der Waals surface area contributed by atoms with E-state index in [1.165, 1.54) is 0 Å². The molecule has 1 unspecified atom stereocenters. The number of rotatable bonds is 3. The first-order valence-electron chi connectivity index (χ1n) is 3.71. The van der Waals surface area contributed by atoms with Gasteiger partial charge < -0.3 is 9.79 Å². The van der Waals surface area contributed by atoms with Gasteiger partial charge in [-0.25, -0.2) is 0 Å². The summed E-state index contributed by atoms with van der Waals surface area (Å²) in [6, 6.07) is 10.3. The van der Waals surface area contributed by atoms with Crippen molar-refractivity contribution >= 4 is 18.5 Å². The maximum atomic E-state index is 8.89. The fourth-order valence-electron chi connectivity index (χ4n) is 0.924. The Kier molecular flexibility index (Phi) is 3.76. The second-order valence-corrected chi connectivity index (χ2v) is 5.13. The summed E-state index contributed by atoms with van der Waals surface area (Å²) in [5, 5.41) is 8.72. The normalized spacial score (nSPS) is 13.2. The minimum atomic E-state index is -3.79. The molecule has 0 heterocycles. The lowest BCUT2D eigenvalue weighted by Gasteiger charge is -2.13. The predicted molar refractivity (Wildman–Crippen MR) is 54.6 cm³/mol. The van der Waals surface area contributed by atoms with Gasteiger partial charge in [-0.2, -0.15) is 5.26 Å². The first kappa shape index (κ1) is 11.3. The maximum absolute atomic E-state index is 8.89. The summed E-state index contributed by atoms with van der Waals surface area (Å²) < 4.78 is 4.65. The van der Waals surface area contributed by atoms with Crippen molar-refractivity contribution in [3.8, 4) is 6.07 Å². The van der Waals surface area contributed by atoms with Crippen LogP contribution in [0, 0.1) is 11.3 Å². The summed E-state index contributed by atoms with van der Waals surface area (Å²) in [5.41, 5.74) is 0.548. The molecule has 0 radical (unpaired) electrons. The van der Waals surface area contributed by atoms with Crippen LogP contribution in [0.3, 0.4) is 0 Å². The van der Waals surface area contributed by atoms with E-state index >= 15 is 0 Å². The van der Waals surface area contributed by atoms with Gasteiger partial charge in [-0.3, -0.25) is 4.52 Å². The van der Waals surface area contributed by atoms with Crippen molar-refractivity contribution in [2.24, 2.45) is 0 Å². The van der Waals surface area contributed by atoms with Crippen LogP contribution in [-0.2, 0) is 16.3 Å². The van der Waals surface area contributed by atoms with Crippen molar-refractivity contribution in [1.29, 1.82) is 5.26 Å². The van der Waals surface area contributed by atoms with Gasteiger partial charge in [-0.15, -0.1) is 0 Å². The van der Waals surface area contributed by atoms with Gasteiger partial charge in [-0.1, -0.05) is 30.3 Å². The molecule has 0 saturated heterocycles. The minimum Gasteiger partial charge on any atom is -0.324 e. The molecule has 0 aliphatic carbocycles. The molecule has 0 amide bonds. The van der Waals surface area contributed by atoms with E-state index in [9.17, 15) is 0 Å². The average Bonchev–Trinajstić information content (AvgIpc) is 2.14. The highest BCUT2D eigenvalue weighted by molar-refractivity contribution is 8.06. The van der Waals surface area contributed by atoms with E-state index in [1.54, 1.807) is 36.4 Å². The molecule has 1 aromatic carbocycles. The van der Waals surface area contributed by atoms with E-state index in [-0.39, 0.29) is 0 Å². The summed E-state index contributed by atoms with van der Waals surface area (Å²) in [7, 11) is 0. The Morgan fingerprint density at radius 3 is 2.36 bits per heavy atom. The molecule has 0 bridgehead atoms. The molecular weight excluding hydrogens is 221 g/mol. The van der Waals surface area contributed by atoms with Crippen LogP contribution in [0.25, 0.3) is 0 Å². The summed E-state index contributed by atoms with van der Waals surface area (Å²) >= 11 is 4.28. The van der Waals surface area contributed by atoms with Crippen molar-refractivity contribution in [2.45, 2.75) is 6.10 Å². The molecule has 0 fully saturated rings. The Labute approximate surface area is 86.6 Å². The zero-order chi connectivity index (χ0) is 10.6. The second-order valence-electron chi connectivity index (χ2n) is 2.52. The van der Waals surface area contributed by atoms with Crippen LogP contribution < -0.4 is 0 Å². The van der Waals surface area contributed by atoms with Gasteiger partial charge in [0.15, 0.2) is 6.10 Å². The van der Waals surface area contributed by atoms with Crippen LogP contribution >= 0.6 is 6.72 Å². The zero-order valence-corrected chi connectivity index (χ0v) is 8.78. The standard InChI is InChI=1S/C8H8NO3PS/c9-6-8(12-13(10,11)14)7-4-2-1-3-5-7/h1-5,8H,(H2,10,11,14). The molecule has 1 atom stereocenters. The number of hydrogen-bond acceptors (Lipinski definition) is 3. The number of nitrogens with zero attached hydrogens (tertiary/aromatic N) is 1. The summed E-state index contributed by atoms with van der Waals surface area (Å²) in [5.74, 6) is 0. The second kappa shape index (κ2) is 4.65. The maximum Gasteiger partial charge on any atom is 0.323 e. The Morgan fingerprint density at radius 2 is 1.93 bits per heavy atom. The van der Waals surface area contributed by atoms with Crippen LogP contribution in [-0.4, -0.2) is 9.79 Å². The fraction of sp³-hybridized carbons (Fsp3) is 0.125. The third-order valence-electron chi connectivity index (χ3n) is 1.46. The lowest BCUT2D eigenvalue weighted by atomic mass is 10.1. The number of nitriles is 1. The van der Waals surface area contributed by atoms with Crippen molar-refractivity contribution in [2.75, 3.05) is 0 Å². The van der Waals surface area contributed by atoms with Crippen molar-refractivity contribution in [3.05, 3.63) is 35.9 Å². The van der Waals surface area contributed by atoms with Gasteiger partial charge >= 0.3 is 6.72 Å². The zero-order valence-electron chi connectivity index (χ0n) is 7.07. The first-order chi connectivity index (χ1) is 6.53. The fourth-order valence-corrected chi connectivity index (χ4v) is 1.63. The molecule has 1 rings (SSSR count). The SMILES string of the molecule is N#CC(OP(O)(O)=S)c1ccccc1. The van der Waals surface area contributed by atoms with Gasteiger partial charge in [0.2, 0.25) is 0 Å². The smallest absolute Gasteiger partial charge is 0.323 e. The van der Waals surface area contributed by atoms with Crippen LogP contribution in [0.2, 0.25) is 0 Å². The minimum absolute atomic E-state index is 0.548. The molecular formula is C8H8NO3PS. The van der Waals surface area contributed by atoms with E-state index in [2.05, 4.69) is 16.3 Å². The van der Waals surface area contributed by atoms with Crippen molar-refractivity contribution in [1.82, 2.24) is 0 Å². The Hall–Kier alpha value is -0.760. The molecule has 0 saturated carbocycles. The number of hydrogen-bond donors (Lipinski definition) is 2. The topological polar surface area (TPSA) is 73.5 Å². The highest BCUT2D eigenvalue weighted by Crippen LogP contribution is 2.42. The van der Waals surface area contributed by atoms with Crippen molar-refractivity contribution < 1.29 is 14.3 Å². The van der Waals surface area contributed by atoms with E-state index < -0.39 is 12.8 Å². The van der Waals surface area contributed by atoms with Crippen LogP contribution in [0.15, 0.2) is 30.3 Å². The molecule has 0 aromatic heterocycles. The van der Waals surface area contributed by atoms with Gasteiger partial charge in [0, 0.05) is 0 Å². The quantitative estimate of drug-likeness (QED) is 0.768. The summed E-state index contributed by atoms with van der Waals surface area (Å²) in [4.78, 5) is 17.8. The highest BCUT2D eigenvalue weighted by Gasteiger charge is 2.18. The largest absolute Gasteiger partial charge is 0.324 e. The first-order valence-corrected chi connectivity index (χ1v) is 6.34. The van der Waals surface area contributed by atoms with Crippen molar-refractivity contribution in [3.63, 3.8) is 0 Å². The molecule has 2 N–H and O–H groups in total. The molecule has 14 heavy (non-hydrogen) atoms. The Balaban J connectivity index is 2.85. The monoisotopic (exact) mass is 229 g/mol. The molecule has 0 aliphatic heterocycles. The van der Waals surface area contributed by atoms with Crippen LogP contribution in [0.4, 0.5) is 0 Å². The molecule has 4 nitrogen and oxygen atoms in total. The summed E-state index contributed by atoms with van der Waals surface area (Å²) in [6.45, 7) is -3.79. The number of benzene rings is 1. The van der Waals surface area contributed by atoms with E-state index in [4.69, 9.17) is 15.0 Å². The lowest BCUT2D eigenvalue weighted by molar-refractivity contribution is 0.212. The van der Waals surface area contributed by atoms with E-state index in [0.717, 1.165) is 0 Å². The van der Waals surface area contributed by atoms with Gasteiger partial charge in [0.1, 0.15) is 0 Å². The highest BCUT2D eigenvalue weighted by atomic mass is 32.5. The predicted octanol–water partition coefficient (Wildman–Crippen LogP) is 1.48. The molecule has 6 heteroatoms. The molecule has 0 spiro atoms. The Bertz CT molecular complexity index is 383. The molecule has 0 aliphatic rings. The van der Waals surface area contributed by atoms with Gasteiger partial charge in [0.05, 0.1) is 6.07 Å². The third-order valence-corrected chi connectivity index (χ3v) is 2.21. The summed E-state index contributed by atoms with van der Waals surface area (Å²) in [6.07, 6.45) is -1.03. The lowest BCUT2D eigenvalue weighted by Crippen LogP contribution is -1.99. The van der Waals surface area contributed by atoms with Gasteiger partial charge in [0.25, 0.3) is 0 Å². The molecule has 1 aromatic rings. The molecule has 74 valence electrons.